The molecule has 0 aliphatic heterocycles. The number of benzene rings is 1. The number of hydrogen-bond acceptors (Lipinski definition) is 4. The minimum Gasteiger partial charge on any atom is -0.494 e. The Hall–Kier alpha value is -1.55. The monoisotopic (exact) mass is 265 g/mol. The normalized spacial score (nSPS) is 11.9. The molecule has 0 spiro atoms. The highest BCUT2D eigenvalue weighted by molar-refractivity contribution is 5.73. The summed E-state index contributed by atoms with van der Waals surface area (Å²) in [6.45, 7) is 5.27. The average molecular weight is 265 g/mol. The quantitative estimate of drug-likeness (QED) is 0.732. The predicted octanol–water partition coefficient (Wildman–Crippen LogP) is 2.16. The van der Waals surface area contributed by atoms with E-state index in [1.54, 1.807) is 6.92 Å². The number of esters is 1. The number of carbonyl (C=O) groups excluding carboxylic acids is 1. The number of rotatable bonds is 8. The van der Waals surface area contributed by atoms with E-state index in [-0.39, 0.29) is 11.9 Å². The molecule has 0 aliphatic carbocycles. The van der Waals surface area contributed by atoms with Crippen molar-refractivity contribution in [1.82, 2.24) is 0 Å². The van der Waals surface area contributed by atoms with E-state index >= 15 is 0 Å². The van der Waals surface area contributed by atoms with Crippen molar-refractivity contribution in [1.29, 1.82) is 0 Å². The molecule has 1 aromatic carbocycles. The zero-order valence-corrected chi connectivity index (χ0v) is 11.7. The van der Waals surface area contributed by atoms with Gasteiger partial charge in [0.15, 0.2) is 0 Å². The van der Waals surface area contributed by atoms with Gasteiger partial charge in [-0.1, -0.05) is 19.1 Å². The maximum absolute atomic E-state index is 11.7. The first kappa shape index (κ1) is 15.5. The summed E-state index contributed by atoms with van der Waals surface area (Å²) in [5.41, 5.74) is 6.68. The molecule has 0 saturated heterocycles. The highest BCUT2D eigenvalue weighted by Gasteiger charge is 2.18. The molecule has 0 bridgehead atoms. The van der Waals surface area contributed by atoms with Gasteiger partial charge in [-0.3, -0.25) is 4.79 Å². The van der Waals surface area contributed by atoms with Gasteiger partial charge in [0.2, 0.25) is 0 Å². The van der Waals surface area contributed by atoms with Gasteiger partial charge in [0.25, 0.3) is 0 Å². The zero-order valence-electron chi connectivity index (χ0n) is 11.7. The van der Waals surface area contributed by atoms with Crippen molar-refractivity contribution in [3.8, 4) is 5.75 Å². The predicted molar refractivity (Wildman–Crippen MR) is 75.1 cm³/mol. The van der Waals surface area contributed by atoms with Crippen LogP contribution in [0.1, 0.15) is 25.8 Å². The molecule has 106 valence electrons. The molecule has 0 saturated carbocycles. The van der Waals surface area contributed by atoms with Gasteiger partial charge in [-0.15, -0.1) is 0 Å². The largest absolute Gasteiger partial charge is 0.494 e. The van der Waals surface area contributed by atoms with Crippen LogP contribution in [0.3, 0.4) is 0 Å². The molecule has 1 rings (SSSR count). The highest BCUT2D eigenvalue weighted by Crippen LogP contribution is 2.16. The van der Waals surface area contributed by atoms with E-state index in [1.165, 1.54) is 0 Å². The van der Waals surface area contributed by atoms with Crippen molar-refractivity contribution in [2.75, 3.05) is 19.8 Å². The molecule has 4 nitrogen and oxygen atoms in total. The summed E-state index contributed by atoms with van der Waals surface area (Å²) in [5, 5.41) is 0. The molecule has 1 unspecified atom stereocenters. The summed E-state index contributed by atoms with van der Waals surface area (Å²) in [6, 6.07) is 7.77. The van der Waals surface area contributed by atoms with Gasteiger partial charge < -0.3 is 15.2 Å². The molecule has 0 aliphatic rings. The second-order valence-corrected chi connectivity index (χ2v) is 4.38. The Morgan fingerprint density at radius 2 is 1.95 bits per heavy atom. The summed E-state index contributed by atoms with van der Waals surface area (Å²) in [6.07, 6.45) is 1.59. The Labute approximate surface area is 114 Å². The molecule has 0 amide bonds. The van der Waals surface area contributed by atoms with Crippen LogP contribution in [0.2, 0.25) is 0 Å². The van der Waals surface area contributed by atoms with E-state index in [0.717, 1.165) is 17.7 Å². The van der Waals surface area contributed by atoms with Crippen molar-refractivity contribution in [2.45, 2.75) is 26.7 Å². The van der Waals surface area contributed by atoms with Crippen LogP contribution in [0, 0.1) is 5.92 Å². The van der Waals surface area contributed by atoms with Crippen LogP contribution in [0.15, 0.2) is 24.3 Å². The third-order valence-corrected chi connectivity index (χ3v) is 2.78. The fraction of sp³-hybridized carbons (Fsp3) is 0.533. The summed E-state index contributed by atoms with van der Waals surface area (Å²) >= 11 is 0. The summed E-state index contributed by atoms with van der Waals surface area (Å²) in [5.74, 6) is 0.352. The Bertz CT molecular complexity index is 375. The second kappa shape index (κ2) is 8.53. The smallest absolute Gasteiger partial charge is 0.310 e. The van der Waals surface area contributed by atoms with Crippen LogP contribution >= 0.6 is 0 Å². The van der Waals surface area contributed by atoms with Gasteiger partial charge >= 0.3 is 5.97 Å². The molecule has 4 heteroatoms. The van der Waals surface area contributed by atoms with Crippen molar-refractivity contribution in [2.24, 2.45) is 11.7 Å². The molecule has 0 radical (unpaired) electrons. The maximum atomic E-state index is 11.7. The lowest BCUT2D eigenvalue weighted by molar-refractivity contribution is -0.147. The van der Waals surface area contributed by atoms with Gasteiger partial charge in [0, 0.05) is 6.54 Å². The number of nitrogens with two attached hydrogens (primary N) is 1. The number of carbonyl (C=O) groups is 1. The van der Waals surface area contributed by atoms with Gasteiger partial charge in [-0.05, 0) is 37.5 Å². The zero-order chi connectivity index (χ0) is 14.1. The topological polar surface area (TPSA) is 61.5 Å². The Morgan fingerprint density at radius 3 is 2.47 bits per heavy atom. The number of hydrogen-bond donors (Lipinski definition) is 1. The fourth-order valence-corrected chi connectivity index (χ4v) is 1.75. The van der Waals surface area contributed by atoms with E-state index in [9.17, 15) is 4.79 Å². The van der Waals surface area contributed by atoms with Crippen molar-refractivity contribution in [3.63, 3.8) is 0 Å². The average Bonchev–Trinajstić information content (AvgIpc) is 2.44. The van der Waals surface area contributed by atoms with Crippen molar-refractivity contribution in [3.05, 3.63) is 29.8 Å². The molecular formula is C15H23NO3. The molecule has 0 aromatic heterocycles. The molecule has 1 aromatic rings. The molecule has 2 N–H and O–H groups in total. The van der Waals surface area contributed by atoms with Crippen LogP contribution < -0.4 is 10.5 Å². The second-order valence-electron chi connectivity index (χ2n) is 4.38. The van der Waals surface area contributed by atoms with E-state index in [4.69, 9.17) is 15.2 Å². The molecule has 0 heterocycles. The van der Waals surface area contributed by atoms with E-state index in [1.807, 2.05) is 24.3 Å². The summed E-state index contributed by atoms with van der Waals surface area (Å²) in [7, 11) is 0. The van der Waals surface area contributed by atoms with Gasteiger partial charge in [-0.25, -0.2) is 0 Å². The van der Waals surface area contributed by atoms with E-state index < -0.39 is 0 Å². The molecule has 1 atom stereocenters. The first-order valence-corrected chi connectivity index (χ1v) is 6.79. The van der Waals surface area contributed by atoms with Crippen LogP contribution in [0.4, 0.5) is 0 Å². The molecule has 0 fully saturated rings. The molecule has 19 heavy (non-hydrogen) atoms. The van der Waals surface area contributed by atoms with Gasteiger partial charge in [0.1, 0.15) is 5.75 Å². The lowest BCUT2D eigenvalue weighted by Gasteiger charge is -2.13. The third-order valence-electron chi connectivity index (χ3n) is 2.78. The fourth-order valence-electron chi connectivity index (χ4n) is 1.75. The molecular weight excluding hydrogens is 242 g/mol. The first-order valence-electron chi connectivity index (χ1n) is 6.79. The Balaban J connectivity index is 2.57. The standard InChI is InChI=1S/C15H23NO3/c1-3-9-19-14-7-5-12(6-8-14)10-13(11-16)15(17)18-4-2/h5-8,13H,3-4,9-11,16H2,1-2H3. The van der Waals surface area contributed by atoms with Crippen LogP contribution in [0.5, 0.6) is 5.75 Å². The lowest BCUT2D eigenvalue weighted by atomic mass is 9.99. The van der Waals surface area contributed by atoms with Crippen molar-refractivity contribution < 1.29 is 14.3 Å². The minimum atomic E-state index is -0.276. The van der Waals surface area contributed by atoms with E-state index in [0.29, 0.717) is 26.2 Å². The Kier molecular flexibility index (Phi) is 6.97. The van der Waals surface area contributed by atoms with Crippen LogP contribution in [0.25, 0.3) is 0 Å². The lowest BCUT2D eigenvalue weighted by Crippen LogP contribution is -2.27. The number of ether oxygens (including phenoxy) is 2. The Morgan fingerprint density at radius 1 is 1.26 bits per heavy atom. The van der Waals surface area contributed by atoms with Crippen molar-refractivity contribution >= 4 is 5.97 Å². The van der Waals surface area contributed by atoms with Crippen LogP contribution in [-0.4, -0.2) is 25.7 Å². The SMILES string of the molecule is CCCOc1ccc(CC(CN)C(=O)OCC)cc1. The third kappa shape index (κ3) is 5.30. The van der Waals surface area contributed by atoms with E-state index in [2.05, 4.69) is 6.92 Å². The first-order chi connectivity index (χ1) is 9.21. The van der Waals surface area contributed by atoms with Gasteiger partial charge in [0.05, 0.1) is 19.1 Å². The van der Waals surface area contributed by atoms with Gasteiger partial charge in [-0.2, -0.15) is 0 Å². The summed E-state index contributed by atoms with van der Waals surface area (Å²) < 4.78 is 10.5. The summed E-state index contributed by atoms with van der Waals surface area (Å²) in [4.78, 5) is 11.7. The highest BCUT2D eigenvalue weighted by atomic mass is 16.5. The maximum Gasteiger partial charge on any atom is 0.310 e. The minimum absolute atomic E-state index is 0.226. The van der Waals surface area contributed by atoms with Crippen LogP contribution in [-0.2, 0) is 16.0 Å².